The van der Waals surface area contributed by atoms with Crippen molar-refractivity contribution in [1.82, 2.24) is 10.6 Å². The molecule has 0 bridgehead atoms. The van der Waals surface area contributed by atoms with E-state index in [2.05, 4.69) is 16.7 Å². The predicted molar refractivity (Wildman–Crippen MR) is 87.7 cm³/mol. The molecule has 3 nitrogen and oxygen atoms in total. The molecule has 1 unspecified atom stereocenters. The maximum absolute atomic E-state index is 12.0. The van der Waals surface area contributed by atoms with Gasteiger partial charge in [0.15, 0.2) is 0 Å². The van der Waals surface area contributed by atoms with Gasteiger partial charge in [0.1, 0.15) is 0 Å². The van der Waals surface area contributed by atoms with Crippen molar-refractivity contribution in [3.63, 3.8) is 0 Å². The Morgan fingerprint density at radius 3 is 2.57 bits per heavy atom. The minimum absolute atomic E-state index is 0.0636. The highest BCUT2D eigenvalue weighted by Gasteiger charge is 2.32. The summed E-state index contributed by atoms with van der Waals surface area (Å²) < 4.78 is 0. The van der Waals surface area contributed by atoms with Crippen molar-refractivity contribution in [1.29, 1.82) is 0 Å². The third kappa shape index (κ3) is 4.72. The van der Waals surface area contributed by atoms with Crippen LogP contribution in [0.15, 0.2) is 24.3 Å². The fraction of sp³-hybridized carbons (Fsp3) is 0.588. The number of rotatable bonds is 4. The van der Waals surface area contributed by atoms with Crippen LogP contribution in [0.1, 0.15) is 52.0 Å². The zero-order valence-corrected chi connectivity index (χ0v) is 14.0. The van der Waals surface area contributed by atoms with Crippen LogP contribution in [-0.2, 0) is 4.79 Å². The zero-order chi connectivity index (χ0) is 15.6. The van der Waals surface area contributed by atoms with Crippen molar-refractivity contribution in [2.45, 2.75) is 64.1 Å². The molecule has 21 heavy (non-hydrogen) atoms. The molecule has 0 heterocycles. The molecule has 1 atom stereocenters. The summed E-state index contributed by atoms with van der Waals surface area (Å²) in [6.45, 7) is 7.91. The standard InChI is InChI=1S/C17H25ClN2O/c1-11(16(21)20-17(2,3)4)19-15-9-13(10-15)12-6-5-7-14(18)8-12/h5-8,11,13,15,19H,9-10H2,1-4H3,(H,20,21). The van der Waals surface area contributed by atoms with E-state index in [1.807, 2.05) is 45.9 Å². The molecule has 0 spiro atoms. The average molecular weight is 309 g/mol. The van der Waals surface area contributed by atoms with Crippen LogP contribution in [0.3, 0.4) is 0 Å². The van der Waals surface area contributed by atoms with E-state index in [9.17, 15) is 4.79 Å². The quantitative estimate of drug-likeness (QED) is 0.894. The van der Waals surface area contributed by atoms with E-state index in [-0.39, 0.29) is 17.5 Å². The fourth-order valence-corrected chi connectivity index (χ4v) is 2.89. The molecule has 0 radical (unpaired) electrons. The number of hydrogen-bond donors (Lipinski definition) is 2. The maximum atomic E-state index is 12.0. The first kappa shape index (κ1) is 16.3. The van der Waals surface area contributed by atoms with E-state index >= 15 is 0 Å². The van der Waals surface area contributed by atoms with Crippen LogP contribution in [0.25, 0.3) is 0 Å². The number of halogens is 1. The van der Waals surface area contributed by atoms with Crippen LogP contribution in [-0.4, -0.2) is 23.5 Å². The normalized spacial score (nSPS) is 23.3. The topological polar surface area (TPSA) is 41.1 Å². The minimum atomic E-state index is -0.185. The lowest BCUT2D eigenvalue weighted by atomic mass is 9.75. The summed E-state index contributed by atoms with van der Waals surface area (Å²) in [5.74, 6) is 0.618. The molecule has 1 aromatic carbocycles. The van der Waals surface area contributed by atoms with Crippen LogP contribution < -0.4 is 10.6 Å². The molecule has 1 amide bonds. The molecule has 0 aromatic heterocycles. The van der Waals surface area contributed by atoms with Gasteiger partial charge in [0.25, 0.3) is 0 Å². The summed E-state index contributed by atoms with van der Waals surface area (Å²) in [5, 5.41) is 7.21. The van der Waals surface area contributed by atoms with Crippen molar-refractivity contribution in [3.8, 4) is 0 Å². The predicted octanol–water partition coefficient (Wildman–Crippen LogP) is 3.48. The molecule has 116 valence electrons. The number of nitrogens with one attached hydrogen (secondary N) is 2. The molecule has 1 fully saturated rings. The van der Waals surface area contributed by atoms with Crippen LogP contribution in [0.2, 0.25) is 5.02 Å². The van der Waals surface area contributed by atoms with Gasteiger partial charge in [0.2, 0.25) is 5.91 Å². The van der Waals surface area contributed by atoms with Gasteiger partial charge in [-0.25, -0.2) is 0 Å². The van der Waals surface area contributed by atoms with Crippen molar-refractivity contribution in [3.05, 3.63) is 34.9 Å². The van der Waals surface area contributed by atoms with Crippen LogP contribution in [0.4, 0.5) is 0 Å². The first-order valence-corrected chi connectivity index (χ1v) is 7.96. The lowest BCUT2D eigenvalue weighted by Crippen LogP contribution is -2.54. The SMILES string of the molecule is CC(NC1CC(c2cccc(Cl)c2)C1)C(=O)NC(C)(C)C. The number of benzene rings is 1. The average Bonchev–Trinajstić information content (AvgIpc) is 2.30. The van der Waals surface area contributed by atoms with Gasteiger partial charge in [0.05, 0.1) is 6.04 Å². The van der Waals surface area contributed by atoms with Crippen molar-refractivity contribution >= 4 is 17.5 Å². The van der Waals surface area contributed by atoms with E-state index in [0.717, 1.165) is 17.9 Å². The summed E-state index contributed by atoms with van der Waals surface area (Å²) in [5.41, 5.74) is 1.11. The van der Waals surface area contributed by atoms with Crippen LogP contribution >= 0.6 is 11.6 Å². The molecule has 1 aliphatic rings. The van der Waals surface area contributed by atoms with Gasteiger partial charge < -0.3 is 10.6 Å². The third-order valence-electron chi connectivity index (χ3n) is 3.84. The van der Waals surface area contributed by atoms with Gasteiger partial charge in [-0.3, -0.25) is 4.79 Å². The highest BCUT2D eigenvalue weighted by atomic mass is 35.5. The molecular weight excluding hydrogens is 284 g/mol. The minimum Gasteiger partial charge on any atom is -0.350 e. The Labute approximate surface area is 132 Å². The Balaban J connectivity index is 1.79. The molecule has 2 N–H and O–H groups in total. The number of carbonyl (C=O) groups excluding carboxylic acids is 1. The Hall–Kier alpha value is -1.06. The van der Waals surface area contributed by atoms with Gasteiger partial charge in [-0.2, -0.15) is 0 Å². The van der Waals surface area contributed by atoms with Crippen molar-refractivity contribution < 1.29 is 4.79 Å². The molecule has 2 rings (SSSR count). The molecule has 4 heteroatoms. The smallest absolute Gasteiger partial charge is 0.237 e. The van der Waals surface area contributed by atoms with Gasteiger partial charge in [-0.1, -0.05) is 23.7 Å². The van der Waals surface area contributed by atoms with E-state index in [1.165, 1.54) is 5.56 Å². The molecule has 0 saturated heterocycles. The Kier molecular flexibility index (Phi) is 4.95. The van der Waals surface area contributed by atoms with Gasteiger partial charge in [-0.15, -0.1) is 0 Å². The van der Waals surface area contributed by atoms with Gasteiger partial charge in [0, 0.05) is 16.6 Å². The lowest BCUT2D eigenvalue weighted by Gasteiger charge is -2.38. The third-order valence-corrected chi connectivity index (χ3v) is 4.07. The summed E-state index contributed by atoms with van der Waals surface area (Å²) in [4.78, 5) is 12.0. The first-order valence-electron chi connectivity index (χ1n) is 7.58. The van der Waals surface area contributed by atoms with E-state index in [0.29, 0.717) is 12.0 Å². The number of hydrogen-bond acceptors (Lipinski definition) is 2. The molecular formula is C17H25ClN2O. The number of amides is 1. The van der Waals surface area contributed by atoms with Gasteiger partial charge in [-0.05, 0) is 64.2 Å². The van der Waals surface area contributed by atoms with Gasteiger partial charge >= 0.3 is 0 Å². The highest BCUT2D eigenvalue weighted by Crippen LogP contribution is 2.37. The summed E-state index contributed by atoms with van der Waals surface area (Å²) >= 11 is 6.03. The number of carbonyl (C=O) groups is 1. The maximum Gasteiger partial charge on any atom is 0.237 e. The molecule has 0 aliphatic heterocycles. The molecule has 1 saturated carbocycles. The van der Waals surface area contributed by atoms with E-state index in [1.54, 1.807) is 0 Å². The summed E-state index contributed by atoms with van der Waals surface area (Å²) in [7, 11) is 0. The Morgan fingerprint density at radius 1 is 1.33 bits per heavy atom. The largest absolute Gasteiger partial charge is 0.350 e. The lowest BCUT2D eigenvalue weighted by molar-refractivity contribution is -0.124. The second-order valence-corrected chi connectivity index (χ2v) is 7.48. The fourth-order valence-electron chi connectivity index (χ4n) is 2.69. The van der Waals surface area contributed by atoms with Crippen LogP contribution in [0, 0.1) is 0 Å². The molecule has 1 aliphatic carbocycles. The highest BCUT2D eigenvalue weighted by molar-refractivity contribution is 6.30. The first-order chi connectivity index (χ1) is 9.74. The van der Waals surface area contributed by atoms with Crippen molar-refractivity contribution in [2.24, 2.45) is 0 Å². The Morgan fingerprint density at radius 2 is 2.00 bits per heavy atom. The zero-order valence-electron chi connectivity index (χ0n) is 13.2. The van der Waals surface area contributed by atoms with Crippen molar-refractivity contribution in [2.75, 3.05) is 0 Å². The second-order valence-electron chi connectivity index (χ2n) is 7.05. The summed E-state index contributed by atoms with van der Waals surface area (Å²) in [6, 6.07) is 8.32. The molecule has 1 aromatic rings. The van der Waals surface area contributed by atoms with Crippen LogP contribution in [0.5, 0.6) is 0 Å². The second kappa shape index (κ2) is 6.37. The summed E-state index contributed by atoms with van der Waals surface area (Å²) in [6.07, 6.45) is 2.13. The van der Waals surface area contributed by atoms with E-state index in [4.69, 9.17) is 11.6 Å². The monoisotopic (exact) mass is 308 g/mol. The van der Waals surface area contributed by atoms with E-state index < -0.39 is 0 Å². The Bertz CT molecular complexity index is 504.